The van der Waals surface area contributed by atoms with Gasteiger partial charge < -0.3 is 10.1 Å². The van der Waals surface area contributed by atoms with Gasteiger partial charge in [-0.2, -0.15) is 4.68 Å². The van der Waals surface area contributed by atoms with Crippen molar-refractivity contribution in [2.45, 2.75) is 19.0 Å². The number of rotatable bonds is 6. The number of para-hydroxylation sites is 1. The highest BCUT2D eigenvalue weighted by atomic mass is 32.2. The fourth-order valence-corrected chi connectivity index (χ4v) is 2.98. The van der Waals surface area contributed by atoms with Crippen LogP contribution in [-0.4, -0.2) is 39.0 Å². The number of nitrogens with zero attached hydrogens (tertiary/aromatic N) is 4. The summed E-state index contributed by atoms with van der Waals surface area (Å²) in [6.07, 6.45) is 1.90. The van der Waals surface area contributed by atoms with Crippen LogP contribution >= 0.6 is 11.8 Å². The molecular formula is C18H19N5O2S. The highest BCUT2D eigenvalue weighted by molar-refractivity contribution is 7.98. The first-order valence-corrected chi connectivity index (χ1v) is 9.22. The number of benzene rings is 2. The van der Waals surface area contributed by atoms with Crippen molar-refractivity contribution in [3.8, 4) is 11.4 Å². The van der Waals surface area contributed by atoms with Gasteiger partial charge in [-0.05, 0) is 59.9 Å². The molecule has 8 heteroatoms. The summed E-state index contributed by atoms with van der Waals surface area (Å²) in [5, 5.41) is 15.1. The second-order valence-corrected chi connectivity index (χ2v) is 6.46. The van der Waals surface area contributed by atoms with E-state index in [1.54, 1.807) is 4.68 Å². The summed E-state index contributed by atoms with van der Waals surface area (Å²) in [5.41, 5.74) is 3.43. The molecule has 0 spiro atoms. The van der Waals surface area contributed by atoms with Gasteiger partial charge in [0.15, 0.2) is 6.61 Å². The maximum absolute atomic E-state index is 12.2. The van der Waals surface area contributed by atoms with E-state index in [1.165, 1.54) is 11.8 Å². The van der Waals surface area contributed by atoms with Gasteiger partial charge in [0.25, 0.3) is 5.91 Å². The molecule has 2 aromatic carbocycles. The number of aryl methyl sites for hydroxylation is 2. The first-order chi connectivity index (χ1) is 12.6. The lowest BCUT2D eigenvalue weighted by atomic mass is 10.1. The van der Waals surface area contributed by atoms with E-state index < -0.39 is 0 Å². The summed E-state index contributed by atoms with van der Waals surface area (Å²) in [7, 11) is 0. The quantitative estimate of drug-likeness (QED) is 0.673. The molecule has 134 valence electrons. The van der Waals surface area contributed by atoms with Crippen LogP contribution in [0.15, 0.2) is 47.6 Å². The fourth-order valence-electron chi connectivity index (χ4n) is 2.55. The van der Waals surface area contributed by atoms with Gasteiger partial charge in [-0.1, -0.05) is 36.0 Å². The third-order valence-corrected chi connectivity index (χ3v) is 4.37. The predicted octanol–water partition coefficient (Wildman–Crippen LogP) is 3.02. The van der Waals surface area contributed by atoms with Gasteiger partial charge in [0.2, 0.25) is 5.16 Å². The van der Waals surface area contributed by atoms with Crippen LogP contribution in [0.3, 0.4) is 0 Å². The van der Waals surface area contributed by atoms with E-state index in [1.807, 2.05) is 62.6 Å². The molecule has 0 radical (unpaired) electrons. The average molecular weight is 369 g/mol. The van der Waals surface area contributed by atoms with Gasteiger partial charge in [0.1, 0.15) is 5.75 Å². The zero-order valence-electron chi connectivity index (χ0n) is 14.8. The van der Waals surface area contributed by atoms with Crippen molar-refractivity contribution in [3.63, 3.8) is 0 Å². The number of hydrogen-bond donors (Lipinski definition) is 1. The molecule has 0 unspecified atom stereocenters. The standard InChI is InChI=1S/C18H19N5O2S/c1-12-6-4-7-13(2)17(12)25-11-16(24)19-14-8-5-9-15(10-14)23-18(26-3)20-21-22-23/h4-10H,11H2,1-3H3,(H,19,24). The van der Waals surface area contributed by atoms with Crippen LogP contribution in [-0.2, 0) is 4.79 Å². The number of carbonyl (C=O) groups is 1. The van der Waals surface area contributed by atoms with Gasteiger partial charge in [-0.15, -0.1) is 5.10 Å². The molecule has 0 fully saturated rings. The topological polar surface area (TPSA) is 81.9 Å². The van der Waals surface area contributed by atoms with Gasteiger partial charge in [0.05, 0.1) is 5.69 Å². The largest absolute Gasteiger partial charge is 0.483 e. The van der Waals surface area contributed by atoms with Gasteiger partial charge >= 0.3 is 0 Å². The minimum absolute atomic E-state index is 0.0587. The lowest BCUT2D eigenvalue weighted by Crippen LogP contribution is -2.20. The van der Waals surface area contributed by atoms with E-state index in [-0.39, 0.29) is 12.5 Å². The number of thioether (sulfide) groups is 1. The Morgan fingerprint density at radius 2 is 1.92 bits per heavy atom. The zero-order valence-corrected chi connectivity index (χ0v) is 15.6. The van der Waals surface area contributed by atoms with Crippen LogP contribution < -0.4 is 10.1 Å². The molecule has 0 aliphatic carbocycles. The highest BCUT2D eigenvalue weighted by Crippen LogP contribution is 2.22. The molecule has 1 amide bonds. The van der Waals surface area contributed by atoms with Gasteiger partial charge in [-0.3, -0.25) is 4.79 Å². The Kier molecular flexibility index (Phi) is 5.52. The molecule has 0 atom stereocenters. The summed E-state index contributed by atoms with van der Waals surface area (Å²) in [6, 6.07) is 13.2. The Morgan fingerprint density at radius 3 is 2.65 bits per heavy atom. The van der Waals surface area contributed by atoms with Crippen molar-refractivity contribution in [2.75, 3.05) is 18.2 Å². The maximum atomic E-state index is 12.2. The fraction of sp³-hybridized carbons (Fsp3) is 0.222. The van der Waals surface area contributed by atoms with Crippen LogP contribution in [0.4, 0.5) is 5.69 Å². The van der Waals surface area contributed by atoms with Crippen LogP contribution in [0.25, 0.3) is 5.69 Å². The van der Waals surface area contributed by atoms with Gasteiger partial charge in [0, 0.05) is 5.69 Å². The first-order valence-electron chi connectivity index (χ1n) is 8.00. The highest BCUT2D eigenvalue weighted by Gasteiger charge is 2.10. The molecule has 0 aliphatic heterocycles. The number of nitrogens with one attached hydrogen (secondary N) is 1. The lowest BCUT2D eigenvalue weighted by molar-refractivity contribution is -0.118. The number of aromatic nitrogens is 4. The second-order valence-electron chi connectivity index (χ2n) is 5.69. The Labute approximate surface area is 155 Å². The monoisotopic (exact) mass is 369 g/mol. The van der Waals surface area contributed by atoms with Crippen molar-refractivity contribution < 1.29 is 9.53 Å². The van der Waals surface area contributed by atoms with Crippen LogP contribution in [0.5, 0.6) is 5.75 Å². The molecule has 1 aromatic heterocycles. The van der Waals surface area contributed by atoms with Crippen LogP contribution in [0.2, 0.25) is 0 Å². The normalized spacial score (nSPS) is 10.6. The summed E-state index contributed by atoms with van der Waals surface area (Å²) in [6.45, 7) is 3.86. The van der Waals surface area contributed by atoms with Crippen molar-refractivity contribution >= 4 is 23.4 Å². The molecule has 0 bridgehead atoms. The second kappa shape index (κ2) is 8.01. The van der Waals surface area contributed by atoms with Crippen molar-refractivity contribution in [3.05, 3.63) is 53.6 Å². The molecule has 26 heavy (non-hydrogen) atoms. The number of amides is 1. The molecule has 0 saturated carbocycles. The Balaban J connectivity index is 1.67. The van der Waals surface area contributed by atoms with E-state index >= 15 is 0 Å². The SMILES string of the molecule is CSc1nnnn1-c1cccc(NC(=O)COc2c(C)cccc2C)c1. The maximum Gasteiger partial charge on any atom is 0.262 e. The Bertz CT molecular complexity index is 905. The third kappa shape index (κ3) is 4.02. The van der Waals surface area contributed by atoms with E-state index in [9.17, 15) is 4.79 Å². The number of anilines is 1. The molecule has 7 nitrogen and oxygen atoms in total. The number of carbonyl (C=O) groups excluding carboxylic acids is 1. The number of tetrazole rings is 1. The van der Waals surface area contributed by atoms with Crippen LogP contribution in [0, 0.1) is 13.8 Å². The molecule has 3 rings (SSSR count). The Hall–Kier alpha value is -2.87. The molecule has 0 aliphatic rings. The average Bonchev–Trinajstić information content (AvgIpc) is 3.10. The smallest absolute Gasteiger partial charge is 0.262 e. The van der Waals surface area contributed by atoms with Crippen molar-refractivity contribution in [1.82, 2.24) is 20.2 Å². The minimum atomic E-state index is -0.230. The molecule has 1 N–H and O–H groups in total. The summed E-state index contributed by atoms with van der Waals surface area (Å²) < 4.78 is 7.31. The number of ether oxygens (including phenoxy) is 1. The zero-order chi connectivity index (χ0) is 18.5. The Morgan fingerprint density at radius 1 is 1.19 bits per heavy atom. The van der Waals surface area contributed by atoms with E-state index in [0.29, 0.717) is 10.8 Å². The van der Waals surface area contributed by atoms with Gasteiger partial charge in [-0.25, -0.2) is 0 Å². The van der Waals surface area contributed by atoms with Crippen molar-refractivity contribution in [1.29, 1.82) is 0 Å². The van der Waals surface area contributed by atoms with E-state index in [2.05, 4.69) is 20.8 Å². The summed E-state index contributed by atoms with van der Waals surface area (Å²) >= 11 is 1.44. The first kappa shape index (κ1) is 17.9. The van der Waals surface area contributed by atoms with Crippen LogP contribution in [0.1, 0.15) is 11.1 Å². The lowest BCUT2D eigenvalue weighted by Gasteiger charge is -2.12. The third-order valence-electron chi connectivity index (χ3n) is 3.75. The molecule has 0 saturated heterocycles. The molecule has 3 aromatic rings. The summed E-state index contributed by atoms with van der Waals surface area (Å²) in [5.74, 6) is 0.515. The molecule has 1 heterocycles. The number of hydrogen-bond acceptors (Lipinski definition) is 6. The van der Waals surface area contributed by atoms with E-state index in [0.717, 1.165) is 22.6 Å². The predicted molar refractivity (Wildman–Crippen MR) is 101 cm³/mol. The van der Waals surface area contributed by atoms with E-state index in [4.69, 9.17) is 4.74 Å². The van der Waals surface area contributed by atoms with Crippen molar-refractivity contribution in [2.24, 2.45) is 0 Å². The molecular weight excluding hydrogens is 350 g/mol. The minimum Gasteiger partial charge on any atom is -0.483 e. The summed E-state index contributed by atoms with van der Waals surface area (Å²) in [4.78, 5) is 12.2.